The molecule has 2 N–H and O–H groups in total. The summed E-state index contributed by atoms with van der Waals surface area (Å²) in [6.07, 6.45) is 2.21. The van der Waals surface area contributed by atoms with Crippen molar-refractivity contribution >= 4 is 17.5 Å². The minimum Gasteiger partial charge on any atom is -0.360 e. The first kappa shape index (κ1) is 15.4. The van der Waals surface area contributed by atoms with Gasteiger partial charge in [-0.3, -0.25) is 14.9 Å². The summed E-state index contributed by atoms with van der Waals surface area (Å²) in [5.74, 6) is -1.07. The molecule has 1 aromatic carbocycles. The molecule has 1 aromatic rings. The smallest absolute Gasteiger partial charge is 0.269 e. The maximum Gasteiger partial charge on any atom is 0.269 e. The van der Waals surface area contributed by atoms with Crippen molar-refractivity contribution in [2.45, 2.75) is 26.7 Å². The van der Waals surface area contributed by atoms with Gasteiger partial charge in [-0.2, -0.15) is 5.26 Å². The van der Waals surface area contributed by atoms with Crippen LogP contribution in [0.5, 0.6) is 0 Å². The van der Waals surface area contributed by atoms with E-state index in [1.165, 1.54) is 6.20 Å². The Hall–Kier alpha value is -2.61. The molecule has 0 bridgehead atoms. The van der Waals surface area contributed by atoms with Crippen molar-refractivity contribution in [3.8, 4) is 6.07 Å². The van der Waals surface area contributed by atoms with Gasteiger partial charge in [0.05, 0.1) is 0 Å². The third-order valence-electron chi connectivity index (χ3n) is 2.61. The van der Waals surface area contributed by atoms with Crippen molar-refractivity contribution in [3.63, 3.8) is 0 Å². The number of imide groups is 1. The van der Waals surface area contributed by atoms with Crippen molar-refractivity contribution < 1.29 is 9.59 Å². The monoisotopic (exact) mass is 271 g/mol. The number of aryl methyl sites for hydroxylation is 1. The summed E-state index contributed by atoms with van der Waals surface area (Å²) in [6, 6.07) is 9.26. The number of anilines is 1. The van der Waals surface area contributed by atoms with Crippen LogP contribution in [0.15, 0.2) is 36.0 Å². The summed E-state index contributed by atoms with van der Waals surface area (Å²) >= 11 is 0. The van der Waals surface area contributed by atoms with Gasteiger partial charge in [-0.05, 0) is 25.0 Å². The predicted octanol–water partition coefficient (Wildman–Crippen LogP) is 2.26. The Morgan fingerprint density at radius 2 is 2.05 bits per heavy atom. The molecule has 5 heteroatoms. The van der Waals surface area contributed by atoms with Crippen LogP contribution in [0.25, 0.3) is 0 Å². The van der Waals surface area contributed by atoms with Gasteiger partial charge in [-0.25, -0.2) is 0 Å². The first-order chi connectivity index (χ1) is 9.58. The number of carbonyl (C=O) groups is 2. The minimum absolute atomic E-state index is 0.141. The molecule has 0 aliphatic heterocycles. The van der Waals surface area contributed by atoms with Gasteiger partial charge in [0.2, 0.25) is 5.91 Å². The highest BCUT2D eigenvalue weighted by Gasteiger charge is 2.12. The summed E-state index contributed by atoms with van der Waals surface area (Å²) in [5, 5.41) is 14.0. The van der Waals surface area contributed by atoms with Crippen molar-refractivity contribution in [2.75, 3.05) is 5.32 Å². The molecule has 0 aliphatic carbocycles. The number of para-hydroxylation sites is 1. The molecule has 0 radical (unpaired) electrons. The Morgan fingerprint density at radius 1 is 1.35 bits per heavy atom. The van der Waals surface area contributed by atoms with E-state index in [0.717, 1.165) is 11.3 Å². The predicted molar refractivity (Wildman–Crippen MR) is 76.6 cm³/mol. The number of hydrogen-bond acceptors (Lipinski definition) is 4. The lowest BCUT2D eigenvalue weighted by molar-refractivity contribution is -0.128. The molecule has 0 aromatic heterocycles. The fourth-order valence-electron chi connectivity index (χ4n) is 1.52. The number of nitriles is 1. The van der Waals surface area contributed by atoms with E-state index < -0.39 is 5.91 Å². The number of amides is 2. The molecule has 0 unspecified atom stereocenters. The number of nitrogens with one attached hydrogen (secondary N) is 2. The Kier molecular flexibility index (Phi) is 5.98. The van der Waals surface area contributed by atoms with E-state index in [-0.39, 0.29) is 17.9 Å². The van der Waals surface area contributed by atoms with Crippen LogP contribution in [0.4, 0.5) is 5.69 Å². The molecule has 0 saturated heterocycles. The molecule has 1 rings (SSSR count). The molecular formula is C15H17N3O2. The summed E-state index contributed by atoms with van der Waals surface area (Å²) in [4.78, 5) is 23.0. The average molecular weight is 271 g/mol. The number of benzene rings is 1. The Morgan fingerprint density at radius 3 is 2.65 bits per heavy atom. The molecule has 0 aliphatic rings. The first-order valence-electron chi connectivity index (χ1n) is 6.35. The molecule has 0 heterocycles. The van der Waals surface area contributed by atoms with Crippen LogP contribution in [0.2, 0.25) is 0 Å². The highest BCUT2D eigenvalue weighted by Crippen LogP contribution is 2.13. The average Bonchev–Trinajstić information content (AvgIpc) is 2.41. The van der Waals surface area contributed by atoms with E-state index in [1.807, 2.05) is 38.1 Å². The number of hydrogen-bond donors (Lipinski definition) is 2. The molecule has 0 saturated carbocycles. The van der Waals surface area contributed by atoms with Crippen LogP contribution in [0.1, 0.15) is 25.3 Å². The molecule has 2 amide bonds. The summed E-state index contributed by atoms with van der Waals surface area (Å²) in [7, 11) is 0. The van der Waals surface area contributed by atoms with E-state index in [4.69, 9.17) is 5.26 Å². The number of carbonyl (C=O) groups excluding carboxylic acids is 2. The van der Waals surface area contributed by atoms with Gasteiger partial charge < -0.3 is 5.32 Å². The van der Waals surface area contributed by atoms with Gasteiger partial charge in [0.15, 0.2) is 0 Å². The molecule has 20 heavy (non-hydrogen) atoms. The standard InChI is InChI=1S/C15H17N3O2/c1-3-6-14(19)18-15(20)12(9-16)10-17-13-8-5-4-7-11(13)2/h4-5,7-8,10,17H,3,6H2,1-2H3,(H,18,19,20)/b12-10+. The second kappa shape index (κ2) is 7.74. The quantitative estimate of drug-likeness (QED) is 0.635. The molecule has 0 atom stereocenters. The maximum absolute atomic E-state index is 11.7. The third-order valence-corrected chi connectivity index (χ3v) is 2.61. The first-order valence-corrected chi connectivity index (χ1v) is 6.35. The zero-order valence-electron chi connectivity index (χ0n) is 11.6. The molecule has 0 spiro atoms. The fraction of sp³-hybridized carbons (Fsp3) is 0.267. The molecule has 5 nitrogen and oxygen atoms in total. The molecule has 0 fully saturated rings. The zero-order chi connectivity index (χ0) is 15.0. The number of nitrogens with zero attached hydrogens (tertiary/aromatic N) is 1. The highest BCUT2D eigenvalue weighted by molar-refractivity contribution is 6.06. The Labute approximate surface area is 118 Å². The van der Waals surface area contributed by atoms with Crippen LogP contribution < -0.4 is 10.6 Å². The van der Waals surface area contributed by atoms with E-state index >= 15 is 0 Å². The maximum atomic E-state index is 11.7. The summed E-state index contributed by atoms with van der Waals surface area (Å²) in [5.41, 5.74) is 1.65. The summed E-state index contributed by atoms with van der Waals surface area (Å²) in [6.45, 7) is 3.75. The van der Waals surface area contributed by atoms with E-state index in [0.29, 0.717) is 6.42 Å². The van der Waals surface area contributed by atoms with Crippen molar-refractivity contribution in [1.82, 2.24) is 5.32 Å². The number of rotatable bonds is 5. The van der Waals surface area contributed by atoms with Gasteiger partial charge in [-0.15, -0.1) is 0 Å². The van der Waals surface area contributed by atoms with Crippen LogP contribution in [0, 0.1) is 18.3 Å². The van der Waals surface area contributed by atoms with E-state index in [1.54, 1.807) is 6.07 Å². The fourth-order valence-corrected chi connectivity index (χ4v) is 1.52. The highest BCUT2D eigenvalue weighted by atomic mass is 16.2. The van der Waals surface area contributed by atoms with Crippen LogP contribution >= 0.6 is 0 Å². The summed E-state index contributed by atoms with van der Waals surface area (Å²) < 4.78 is 0. The van der Waals surface area contributed by atoms with Crippen LogP contribution in [-0.4, -0.2) is 11.8 Å². The topological polar surface area (TPSA) is 82.0 Å². The lowest BCUT2D eigenvalue weighted by Gasteiger charge is -2.06. The van der Waals surface area contributed by atoms with E-state index in [9.17, 15) is 9.59 Å². The van der Waals surface area contributed by atoms with Crippen molar-refractivity contribution in [2.24, 2.45) is 0 Å². The lowest BCUT2D eigenvalue weighted by Crippen LogP contribution is -2.31. The second-order valence-corrected chi connectivity index (χ2v) is 4.26. The normalized spacial score (nSPS) is 10.6. The van der Waals surface area contributed by atoms with E-state index in [2.05, 4.69) is 10.6 Å². The van der Waals surface area contributed by atoms with Gasteiger partial charge in [0, 0.05) is 18.3 Å². The zero-order valence-corrected chi connectivity index (χ0v) is 11.6. The van der Waals surface area contributed by atoms with Gasteiger partial charge in [0.1, 0.15) is 11.6 Å². The minimum atomic E-state index is -0.688. The third kappa shape index (κ3) is 4.58. The van der Waals surface area contributed by atoms with Gasteiger partial charge in [-0.1, -0.05) is 25.1 Å². The van der Waals surface area contributed by atoms with Crippen LogP contribution in [-0.2, 0) is 9.59 Å². The Balaban J connectivity index is 2.73. The SMILES string of the molecule is CCCC(=O)NC(=O)/C(C#N)=C/Nc1ccccc1C. The lowest BCUT2D eigenvalue weighted by atomic mass is 10.2. The molecular weight excluding hydrogens is 254 g/mol. The van der Waals surface area contributed by atoms with Gasteiger partial charge >= 0.3 is 0 Å². The Bertz CT molecular complexity index is 571. The van der Waals surface area contributed by atoms with Crippen molar-refractivity contribution in [3.05, 3.63) is 41.6 Å². The molecule has 104 valence electrons. The second-order valence-electron chi connectivity index (χ2n) is 4.26. The largest absolute Gasteiger partial charge is 0.360 e. The van der Waals surface area contributed by atoms with Gasteiger partial charge in [0.25, 0.3) is 5.91 Å². The van der Waals surface area contributed by atoms with Crippen LogP contribution in [0.3, 0.4) is 0 Å². The van der Waals surface area contributed by atoms with Crippen molar-refractivity contribution in [1.29, 1.82) is 5.26 Å².